The average Bonchev–Trinajstić information content (AvgIpc) is 2.85. The molecule has 102 valence electrons. The molecular weight excluding hydrogens is 334 g/mol. The second-order valence-corrected chi connectivity index (χ2v) is 5.14. The summed E-state index contributed by atoms with van der Waals surface area (Å²) >= 11 is 9.29. The van der Waals surface area contributed by atoms with Crippen LogP contribution in [-0.2, 0) is 4.74 Å². The van der Waals surface area contributed by atoms with Crippen LogP contribution < -0.4 is 5.73 Å². The molecule has 0 amide bonds. The lowest BCUT2D eigenvalue weighted by Crippen LogP contribution is -2.18. The molecule has 2 rings (SSSR count). The molecule has 0 aliphatic carbocycles. The molecule has 0 fully saturated rings. The van der Waals surface area contributed by atoms with E-state index in [2.05, 4.69) is 26.1 Å². The Kier molecular flexibility index (Phi) is 4.93. The maximum absolute atomic E-state index is 5.89. The first-order chi connectivity index (χ1) is 9.11. The van der Waals surface area contributed by atoms with Crippen molar-refractivity contribution < 1.29 is 9.26 Å². The summed E-state index contributed by atoms with van der Waals surface area (Å²) in [5, 5.41) is 4.49. The molecule has 1 aromatic carbocycles. The number of ether oxygens (including phenoxy) is 1. The smallest absolute Gasteiger partial charge is 0.259 e. The van der Waals surface area contributed by atoms with Gasteiger partial charge in [-0.05, 0) is 41.1 Å². The topological polar surface area (TPSA) is 74.2 Å². The third-order valence-electron chi connectivity index (χ3n) is 2.44. The van der Waals surface area contributed by atoms with Crippen LogP contribution in [0.25, 0.3) is 11.5 Å². The number of halogens is 2. The fourth-order valence-electron chi connectivity index (χ4n) is 1.48. The van der Waals surface area contributed by atoms with E-state index in [4.69, 9.17) is 26.6 Å². The van der Waals surface area contributed by atoms with E-state index in [0.717, 1.165) is 10.0 Å². The van der Waals surface area contributed by atoms with Crippen LogP contribution in [0.3, 0.4) is 0 Å². The zero-order valence-corrected chi connectivity index (χ0v) is 12.6. The summed E-state index contributed by atoms with van der Waals surface area (Å²) in [6.45, 7) is 2.86. The number of benzene rings is 1. The van der Waals surface area contributed by atoms with E-state index >= 15 is 0 Å². The van der Waals surface area contributed by atoms with Gasteiger partial charge in [-0.25, -0.2) is 0 Å². The van der Waals surface area contributed by atoms with Crippen molar-refractivity contribution >= 4 is 27.5 Å². The van der Waals surface area contributed by atoms with Gasteiger partial charge in [-0.1, -0.05) is 16.8 Å². The zero-order chi connectivity index (χ0) is 13.8. The predicted octanol–water partition coefficient (Wildman–Crippen LogP) is 3.19. The summed E-state index contributed by atoms with van der Waals surface area (Å²) < 4.78 is 11.2. The number of nitrogens with two attached hydrogens (primary N) is 1. The first-order valence-corrected chi connectivity index (χ1v) is 6.91. The van der Waals surface area contributed by atoms with E-state index in [0.29, 0.717) is 30.0 Å². The molecule has 0 spiro atoms. The SMILES string of the molecule is CCOCC(N)c1noc(-c2ccc(Cl)cc2Br)n1. The van der Waals surface area contributed by atoms with Gasteiger partial charge in [0.25, 0.3) is 5.89 Å². The summed E-state index contributed by atoms with van der Waals surface area (Å²) in [7, 11) is 0. The van der Waals surface area contributed by atoms with Crippen molar-refractivity contribution in [1.82, 2.24) is 10.1 Å². The largest absolute Gasteiger partial charge is 0.380 e. The lowest BCUT2D eigenvalue weighted by Gasteiger charge is -2.05. The molecule has 1 unspecified atom stereocenters. The van der Waals surface area contributed by atoms with E-state index in [1.54, 1.807) is 18.2 Å². The van der Waals surface area contributed by atoms with E-state index < -0.39 is 6.04 Å². The molecule has 2 aromatic rings. The highest BCUT2D eigenvalue weighted by molar-refractivity contribution is 9.10. The highest BCUT2D eigenvalue weighted by Gasteiger charge is 2.17. The van der Waals surface area contributed by atoms with Gasteiger partial charge >= 0.3 is 0 Å². The number of rotatable bonds is 5. The van der Waals surface area contributed by atoms with Crippen LogP contribution in [0.2, 0.25) is 5.02 Å². The molecule has 2 N–H and O–H groups in total. The van der Waals surface area contributed by atoms with E-state index in [1.165, 1.54) is 0 Å². The summed E-state index contributed by atoms with van der Waals surface area (Å²) in [5.74, 6) is 0.816. The first-order valence-electron chi connectivity index (χ1n) is 5.74. The molecule has 5 nitrogen and oxygen atoms in total. The minimum absolute atomic E-state index is 0.358. The van der Waals surface area contributed by atoms with Crippen molar-refractivity contribution in [3.8, 4) is 11.5 Å². The molecule has 0 saturated carbocycles. The Balaban J connectivity index is 2.20. The number of hydrogen-bond acceptors (Lipinski definition) is 5. The molecule has 7 heteroatoms. The van der Waals surface area contributed by atoms with Gasteiger partial charge in [0, 0.05) is 16.1 Å². The van der Waals surface area contributed by atoms with Crippen LogP contribution in [0.15, 0.2) is 27.2 Å². The molecule has 1 aromatic heterocycles. The Morgan fingerprint density at radius 2 is 2.32 bits per heavy atom. The van der Waals surface area contributed by atoms with Gasteiger partial charge in [-0.15, -0.1) is 0 Å². The second kappa shape index (κ2) is 6.47. The van der Waals surface area contributed by atoms with Crippen LogP contribution in [0, 0.1) is 0 Å². The van der Waals surface area contributed by atoms with Gasteiger partial charge in [0.2, 0.25) is 0 Å². The van der Waals surface area contributed by atoms with Crippen LogP contribution in [0.5, 0.6) is 0 Å². The lowest BCUT2D eigenvalue weighted by molar-refractivity contribution is 0.130. The average molecular weight is 347 g/mol. The fraction of sp³-hybridized carbons (Fsp3) is 0.333. The van der Waals surface area contributed by atoms with Crippen molar-refractivity contribution in [3.05, 3.63) is 33.5 Å². The Morgan fingerprint density at radius 1 is 1.53 bits per heavy atom. The Bertz CT molecular complexity index is 562. The van der Waals surface area contributed by atoms with E-state index in [9.17, 15) is 0 Å². The highest BCUT2D eigenvalue weighted by Crippen LogP contribution is 2.29. The third-order valence-corrected chi connectivity index (χ3v) is 3.33. The van der Waals surface area contributed by atoms with Gasteiger partial charge in [0.1, 0.15) is 0 Å². The molecule has 0 bridgehead atoms. The van der Waals surface area contributed by atoms with Crippen molar-refractivity contribution in [2.75, 3.05) is 13.2 Å². The van der Waals surface area contributed by atoms with Crippen molar-refractivity contribution in [1.29, 1.82) is 0 Å². The van der Waals surface area contributed by atoms with Gasteiger partial charge in [-0.2, -0.15) is 4.98 Å². The molecule has 19 heavy (non-hydrogen) atoms. The van der Waals surface area contributed by atoms with Gasteiger partial charge < -0.3 is 15.0 Å². The second-order valence-electron chi connectivity index (χ2n) is 3.85. The van der Waals surface area contributed by atoms with Crippen LogP contribution >= 0.6 is 27.5 Å². The minimum Gasteiger partial charge on any atom is -0.380 e. The first kappa shape index (κ1) is 14.5. The maximum Gasteiger partial charge on any atom is 0.259 e. The summed E-state index contributed by atoms with van der Waals surface area (Å²) in [5.41, 5.74) is 6.66. The van der Waals surface area contributed by atoms with Gasteiger partial charge in [-0.3, -0.25) is 0 Å². The molecule has 0 saturated heterocycles. The Morgan fingerprint density at radius 3 is 3.00 bits per heavy atom. The van der Waals surface area contributed by atoms with E-state index in [-0.39, 0.29) is 0 Å². The van der Waals surface area contributed by atoms with Crippen molar-refractivity contribution in [2.24, 2.45) is 5.73 Å². The Hall–Kier alpha value is -0.950. The zero-order valence-electron chi connectivity index (χ0n) is 10.3. The molecule has 1 atom stereocenters. The number of hydrogen-bond donors (Lipinski definition) is 1. The van der Waals surface area contributed by atoms with Crippen LogP contribution in [0.4, 0.5) is 0 Å². The molecule has 1 heterocycles. The normalized spacial score (nSPS) is 12.6. The summed E-state index contributed by atoms with van der Waals surface area (Å²) in [6.07, 6.45) is 0. The Labute approximate surface area is 124 Å². The maximum atomic E-state index is 5.89. The highest BCUT2D eigenvalue weighted by atomic mass is 79.9. The van der Waals surface area contributed by atoms with Gasteiger partial charge in [0.05, 0.1) is 18.2 Å². The van der Waals surface area contributed by atoms with Crippen molar-refractivity contribution in [2.45, 2.75) is 13.0 Å². The molecule has 0 aliphatic heterocycles. The monoisotopic (exact) mass is 345 g/mol. The van der Waals surface area contributed by atoms with E-state index in [1.807, 2.05) is 6.92 Å². The third kappa shape index (κ3) is 3.54. The predicted molar refractivity (Wildman–Crippen MR) is 75.9 cm³/mol. The van der Waals surface area contributed by atoms with Crippen LogP contribution in [-0.4, -0.2) is 23.4 Å². The van der Waals surface area contributed by atoms with Crippen molar-refractivity contribution in [3.63, 3.8) is 0 Å². The number of aromatic nitrogens is 2. The van der Waals surface area contributed by atoms with Crippen LogP contribution in [0.1, 0.15) is 18.8 Å². The number of nitrogens with zero attached hydrogens (tertiary/aromatic N) is 2. The summed E-state index contributed by atoms with van der Waals surface area (Å²) in [6, 6.07) is 4.92. The molecule has 0 radical (unpaired) electrons. The minimum atomic E-state index is -0.400. The molecule has 0 aliphatic rings. The lowest BCUT2D eigenvalue weighted by atomic mass is 10.2. The van der Waals surface area contributed by atoms with Gasteiger partial charge in [0.15, 0.2) is 5.82 Å². The fourth-order valence-corrected chi connectivity index (χ4v) is 2.33. The standard InChI is InChI=1S/C12H13BrClN3O2/c1-2-18-6-10(15)11-16-12(19-17-11)8-4-3-7(14)5-9(8)13/h3-5,10H,2,6,15H2,1H3. The molecular formula is C12H13BrClN3O2. The summed E-state index contributed by atoms with van der Waals surface area (Å²) in [4.78, 5) is 4.27. The quantitative estimate of drug-likeness (QED) is 0.900.